The van der Waals surface area contributed by atoms with E-state index in [1.807, 2.05) is 66.1 Å². The molecule has 0 bridgehead atoms. The Morgan fingerprint density at radius 3 is 2.46 bits per heavy atom. The lowest BCUT2D eigenvalue weighted by molar-refractivity contribution is -0.137. The monoisotopic (exact) mass is 339 g/mol. The van der Waals surface area contributed by atoms with Crippen LogP contribution in [0.3, 0.4) is 0 Å². The Hall–Kier alpha value is -2.60. The highest BCUT2D eigenvalue weighted by molar-refractivity contribution is 7.99. The normalized spacial score (nSPS) is 10.6. The van der Waals surface area contributed by atoms with Crippen LogP contribution >= 0.6 is 11.8 Å². The topological polar surface area (TPSA) is 57.0 Å². The number of aromatic nitrogens is 3. The van der Waals surface area contributed by atoms with Gasteiger partial charge in [0.2, 0.25) is 0 Å². The van der Waals surface area contributed by atoms with Crippen molar-refractivity contribution in [3.63, 3.8) is 0 Å². The molecule has 1 aromatic heterocycles. The number of rotatable bonds is 5. The van der Waals surface area contributed by atoms with Crippen molar-refractivity contribution < 1.29 is 9.53 Å². The van der Waals surface area contributed by atoms with Crippen molar-refractivity contribution >= 4 is 17.7 Å². The van der Waals surface area contributed by atoms with Gasteiger partial charge in [-0.05, 0) is 19.1 Å². The first-order valence-electron chi connectivity index (χ1n) is 7.46. The number of aryl methyl sites for hydroxylation is 1. The number of ether oxygens (including phenoxy) is 1. The van der Waals surface area contributed by atoms with Gasteiger partial charge in [0.15, 0.2) is 11.0 Å². The highest BCUT2D eigenvalue weighted by Crippen LogP contribution is 2.28. The van der Waals surface area contributed by atoms with Gasteiger partial charge in [0.1, 0.15) is 0 Å². The second-order valence-corrected chi connectivity index (χ2v) is 6.15. The lowest BCUT2D eigenvalue weighted by atomic mass is 10.1. The van der Waals surface area contributed by atoms with Gasteiger partial charge in [-0.15, -0.1) is 10.2 Å². The maximum atomic E-state index is 11.4. The summed E-state index contributed by atoms with van der Waals surface area (Å²) in [6, 6.07) is 18.0. The summed E-state index contributed by atoms with van der Waals surface area (Å²) in [7, 11) is 1.38. The Morgan fingerprint density at radius 2 is 1.79 bits per heavy atom. The number of hydrogen-bond donors (Lipinski definition) is 0. The van der Waals surface area contributed by atoms with E-state index >= 15 is 0 Å². The van der Waals surface area contributed by atoms with Crippen LogP contribution < -0.4 is 0 Å². The summed E-state index contributed by atoms with van der Waals surface area (Å²) in [6.07, 6.45) is 0. The number of benzene rings is 2. The third-order valence-corrected chi connectivity index (χ3v) is 4.41. The van der Waals surface area contributed by atoms with Crippen molar-refractivity contribution in [2.45, 2.75) is 12.1 Å². The van der Waals surface area contributed by atoms with Crippen LogP contribution in [-0.2, 0) is 9.53 Å². The third-order valence-electron chi connectivity index (χ3n) is 3.50. The second-order valence-electron chi connectivity index (χ2n) is 5.21. The van der Waals surface area contributed by atoms with Gasteiger partial charge in [-0.25, -0.2) is 0 Å². The highest BCUT2D eigenvalue weighted by atomic mass is 32.2. The molecule has 0 saturated heterocycles. The zero-order valence-electron chi connectivity index (χ0n) is 13.5. The average Bonchev–Trinajstić information content (AvgIpc) is 3.05. The van der Waals surface area contributed by atoms with Crippen LogP contribution in [0.15, 0.2) is 59.8 Å². The molecule has 122 valence electrons. The van der Waals surface area contributed by atoms with Crippen molar-refractivity contribution in [1.82, 2.24) is 14.8 Å². The maximum absolute atomic E-state index is 11.4. The van der Waals surface area contributed by atoms with Crippen LogP contribution in [0.5, 0.6) is 0 Å². The maximum Gasteiger partial charge on any atom is 0.316 e. The Bertz CT molecular complexity index is 829. The lowest BCUT2D eigenvalue weighted by Gasteiger charge is -2.10. The molecular weight excluding hydrogens is 322 g/mol. The van der Waals surface area contributed by atoms with E-state index in [2.05, 4.69) is 10.2 Å². The van der Waals surface area contributed by atoms with E-state index in [1.165, 1.54) is 24.4 Å². The molecule has 0 atom stereocenters. The minimum Gasteiger partial charge on any atom is -0.468 e. The van der Waals surface area contributed by atoms with Gasteiger partial charge in [0.25, 0.3) is 0 Å². The fourth-order valence-corrected chi connectivity index (χ4v) is 3.03. The number of carbonyl (C=O) groups is 1. The molecule has 0 aliphatic heterocycles. The molecule has 3 rings (SSSR count). The molecule has 24 heavy (non-hydrogen) atoms. The quantitative estimate of drug-likeness (QED) is 0.526. The Labute approximate surface area is 144 Å². The smallest absolute Gasteiger partial charge is 0.316 e. The van der Waals surface area contributed by atoms with E-state index in [0.717, 1.165) is 17.1 Å². The van der Waals surface area contributed by atoms with E-state index in [-0.39, 0.29) is 11.7 Å². The molecule has 3 aromatic rings. The number of hydrogen-bond acceptors (Lipinski definition) is 5. The molecule has 0 amide bonds. The average molecular weight is 339 g/mol. The number of nitrogens with zero attached hydrogens (tertiary/aromatic N) is 3. The van der Waals surface area contributed by atoms with Gasteiger partial charge < -0.3 is 4.74 Å². The number of methoxy groups -OCH3 is 1. The van der Waals surface area contributed by atoms with Crippen molar-refractivity contribution in [3.05, 3.63) is 60.2 Å². The molecule has 0 radical (unpaired) electrons. The van der Waals surface area contributed by atoms with E-state index in [9.17, 15) is 4.79 Å². The first-order valence-corrected chi connectivity index (χ1v) is 8.45. The van der Waals surface area contributed by atoms with E-state index in [4.69, 9.17) is 4.74 Å². The molecule has 6 heteroatoms. The van der Waals surface area contributed by atoms with E-state index in [1.54, 1.807) is 0 Å². The summed E-state index contributed by atoms with van der Waals surface area (Å²) in [5.74, 6) is 0.642. The number of carbonyl (C=O) groups excluding carboxylic acids is 1. The number of esters is 1. The minimum atomic E-state index is -0.292. The van der Waals surface area contributed by atoms with Gasteiger partial charge in [-0.1, -0.05) is 59.8 Å². The van der Waals surface area contributed by atoms with Crippen LogP contribution in [0.4, 0.5) is 0 Å². The zero-order chi connectivity index (χ0) is 16.9. The van der Waals surface area contributed by atoms with Crippen molar-refractivity contribution in [1.29, 1.82) is 0 Å². The minimum absolute atomic E-state index is 0.190. The Kier molecular flexibility index (Phi) is 4.96. The van der Waals surface area contributed by atoms with Crippen LogP contribution in [0, 0.1) is 6.92 Å². The van der Waals surface area contributed by atoms with Crippen molar-refractivity contribution in [2.24, 2.45) is 0 Å². The highest BCUT2D eigenvalue weighted by Gasteiger charge is 2.17. The number of thioether (sulfide) groups is 1. The van der Waals surface area contributed by atoms with E-state index < -0.39 is 0 Å². The molecule has 5 nitrogen and oxygen atoms in total. The second kappa shape index (κ2) is 7.31. The molecule has 0 N–H and O–H groups in total. The Balaban J connectivity index is 2.04. The lowest BCUT2D eigenvalue weighted by Crippen LogP contribution is -2.05. The molecule has 0 fully saturated rings. The van der Waals surface area contributed by atoms with Crippen LogP contribution in [0.25, 0.3) is 17.1 Å². The molecular formula is C18H17N3O2S. The first-order chi connectivity index (χ1) is 11.7. The number of para-hydroxylation sites is 1. The largest absolute Gasteiger partial charge is 0.468 e. The van der Waals surface area contributed by atoms with Gasteiger partial charge in [-0.2, -0.15) is 0 Å². The summed E-state index contributed by atoms with van der Waals surface area (Å²) in [5.41, 5.74) is 3.11. The van der Waals surface area contributed by atoms with Gasteiger partial charge in [0.05, 0.1) is 12.9 Å². The first kappa shape index (κ1) is 16.3. The Morgan fingerprint density at radius 1 is 1.08 bits per heavy atom. The summed E-state index contributed by atoms with van der Waals surface area (Å²) >= 11 is 1.31. The zero-order valence-corrected chi connectivity index (χ0v) is 14.3. The van der Waals surface area contributed by atoms with Crippen molar-refractivity contribution in [2.75, 3.05) is 12.9 Å². The third kappa shape index (κ3) is 3.49. The van der Waals surface area contributed by atoms with Gasteiger partial charge in [-0.3, -0.25) is 9.36 Å². The fraction of sp³-hybridized carbons (Fsp3) is 0.167. The van der Waals surface area contributed by atoms with Gasteiger partial charge in [0, 0.05) is 11.3 Å². The standard InChI is InChI=1S/C18H17N3O2S/c1-13-8-10-14(11-9-13)17-19-20-18(24-12-16(22)23-2)21(17)15-6-4-3-5-7-15/h3-11H,12H2,1-2H3. The predicted octanol–water partition coefficient (Wildman–Crippen LogP) is 3.51. The van der Waals surface area contributed by atoms with E-state index in [0.29, 0.717) is 5.16 Å². The molecule has 1 heterocycles. The fourth-order valence-electron chi connectivity index (χ4n) is 2.25. The summed E-state index contributed by atoms with van der Waals surface area (Å²) < 4.78 is 6.66. The molecule has 0 spiro atoms. The molecule has 0 aliphatic rings. The summed E-state index contributed by atoms with van der Waals surface area (Å²) in [4.78, 5) is 11.4. The van der Waals surface area contributed by atoms with Crippen LogP contribution in [0.2, 0.25) is 0 Å². The predicted molar refractivity (Wildman–Crippen MR) is 94.3 cm³/mol. The van der Waals surface area contributed by atoms with Crippen LogP contribution in [0.1, 0.15) is 5.56 Å². The summed E-state index contributed by atoms with van der Waals surface area (Å²) in [5, 5.41) is 9.26. The SMILES string of the molecule is COC(=O)CSc1nnc(-c2ccc(C)cc2)n1-c1ccccc1. The molecule has 0 saturated carbocycles. The van der Waals surface area contributed by atoms with Crippen LogP contribution in [-0.4, -0.2) is 33.6 Å². The van der Waals surface area contributed by atoms with Crippen molar-refractivity contribution in [3.8, 4) is 17.1 Å². The summed E-state index contributed by atoms with van der Waals surface area (Å²) in [6.45, 7) is 2.04. The molecule has 0 aliphatic carbocycles. The van der Waals surface area contributed by atoms with Gasteiger partial charge >= 0.3 is 5.97 Å². The molecule has 2 aromatic carbocycles. The molecule has 0 unspecified atom stereocenters.